The largest absolute Gasteiger partial charge is 0.376 e. The maximum absolute atomic E-state index is 13.3. The molecule has 2 aliphatic rings. The van der Waals surface area contributed by atoms with Gasteiger partial charge < -0.3 is 15.0 Å². The van der Waals surface area contributed by atoms with Crippen molar-refractivity contribution in [2.45, 2.75) is 44.4 Å². The molecule has 1 saturated heterocycles. The van der Waals surface area contributed by atoms with E-state index in [4.69, 9.17) is 4.74 Å². The van der Waals surface area contributed by atoms with Crippen LogP contribution < -0.4 is 5.32 Å². The molecule has 1 saturated carbocycles. The van der Waals surface area contributed by atoms with Crippen molar-refractivity contribution in [2.75, 3.05) is 13.2 Å². The zero-order valence-electron chi connectivity index (χ0n) is 12.1. The predicted octanol–water partition coefficient (Wildman–Crippen LogP) is 2.68. The van der Waals surface area contributed by atoms with E-state index >= 15 is 0 Å². The number of nitrogens with zero attached hydrogens (tertiary/aromatic N) is 1. The Morgan fingerprint density at radius 3 is 2.90 bits per heavy atom. The number of carbonyl (C=O) groups is 1. The highest BCUT2D eigenvalue weighted by Gasteiger charge is 2.28. The first-order chi connectivity index (χ1) is 10.2. The van der Waals surface area contributed by atoms with Crippen LogP contribution in [0.5, 0.6) is 0 Å². The van der Waals surface area contributed by atoms with E-state index in [0.29, 0.717) is 19.1 Å². The monoisotopic (exact) mass is 292 g/mol. The number of urea groups is 1. The van der Waals surface area contributed by atoms with Crippen LogP contribution >= 0.6 is 0 Å². The van der Waals surface area contributed by atoms with E-state index in [-0.39, 0.29) is 18.0 Å². The second-order valence-corrected chi connectivity index (χ2v) is 5.87. The van der Waals surface area contributed by atoms with Crippen LogP contribution in [0.3, 0.4) is 0 Å². The van der Waals surface area contributed by atoms with E-state index in [1.165, 1.54) is 12.1 Å². The molecule has 0 aromatic heterocycles. The third kappa shape index (κ3) is 4.17. The van der Waals surface area contributed by atoms with Gasteiger partial charge in [0.2, 0.25) is 0 Å². The van der Waals surface area contributed by atoms with Gasteiger partial charge in [-0.2, -0.15) is 0 Å². The Labute approximate surface area is 124 Å². The summed E-state index contributed by atoms with van der Waals surface area (Å²) >= 11 is 0. The van der Waals surface area contributed by atoms with Crippen LogP contribution in [0.15, 0.2) is 24.3 Å². The molecule has 0 radical (unpaired) electrons. The first-order valence-corrected chi connectivity index (χ1v) is 7.62. The Bertz CT molecular complexity index is 499. The minimum atomic E-state index is -0.271. The van der Waals surface area contributed by atoms with Gasteiger partial charge in [-0.25, -0.2) is 9.18 Å². The standard InChI is InChI=1S/C16H21FN2O2/c17-13-4-1-3-12(9-13)10-19(11-15-5-2-8-21-15)16(20)18-14-6-7-14/h1,3-4,9,14-15H,2,5-8,10-11H2,(H,18,20)/t15-/m0/s1. The van der Waals surface area contributed by atoms with Crippen molar-refractivity contribution in [2.24, 2.45) is 0 Å². The fourth-order valence-corrected chi connectivity index (χ4v) is 2.60. The number of amides is 2. The zero-order valence-corrected chi connectivity index (χ0v) is 12.1. The number of rotatable bonds is 5. The second kappa shape index (κ2) is 6.43. The summed E-state index contributed by atoms with van der Waals surface area (Å²) in [5.41, 5.74) is 0.805. The molecular formula is C16H21FN2O2. The molecule has 1 atom stereocenters. The molecule has 3 rings (SSSR count). The average molecular weight is 292 g/mol. The van der Waals surface area contributed by atoms with E-state index in [1.807, 2.05) is 6.07 Å². The highest BCUT2D eigenvalue weighted by Crippen LogP contribution is 2.20. The average Bonchev–Trinajstić information content (AvgIpc) is 3.12. The quantitative estimate of drug-likeness (QED) is 0.906. The number of nitrogens with one attached hydrogen (secondary N) is 1. The minimum Gasteiger partial charge on any atom is -0.376 e. The molecule has 1 heterocycles. The van der Waals surface area contributed by atoms with Crippen LogP contribution in [0, 0.1) is 5.82 Å². The van der Waals surface area contributed by atoms with Gasteiger partial charge in [0, 0.05) is 25.7 Å². The molecular weight excluding hydrogens is 271 g/mol. The number of hydrogen-bond acceptors (Lipinski definition) is 2. The molecule has 5 heteroatoms. The fraction of sp³-hybridized carbons (Fsp3) is 0.562. The van der Waals surface area contributed by atoms with Crippen molar-refractivity contribution in [3.63, 3.8) is 0 Å². The van der Waals surface area contributed by atoms with E-state index in [9.17, 15) is 9.18 Å². The molecule has 4 nitrogen and oxygen atoms in total. The number of halogens is 1. The van der Waals surface area contributed by atoms with Crippen molar-refractivity contribution in [1.82, 2.24) is 10.2 Å². The Morgan fingerprint density at radius 2 is 2.24 bits per heavy atom. The number of ether oxygens (including phenoxy) is 1. The van der Waals surface area contributed by atoms with Gasteiger partial charge in [0.15, 0.2) is 0 Å². The number of hydrogen-bond donors (Lipinski definition) is 1. The van der Waals surface area contributed by atoms with E-state index in [1.54, 1.807) is 11.0 Å². The van der Waals surface area contributed by atoms with E-state index in [0.717, 1.165) is 37.9 Å². The highest BCUT2D eigenvalue weighted by atomic mass is 19.1. The normalized spacial score (nSPS) is 21.3. The minimum absolute atomic E-state index is 0.0720. The Kier molecular flexibility index (Phi) is 4.39. The Hall–Kier alpha value is -1.62. The van der Waals surface area contributed by atoms with Gasteiger partial charge in [0.25, 0.3) is 0 Å². The van der Waals surface area contributed by atoms with Crippen LogP contribution in [0.4, 0.5) is 9.18 Å². The molecule has 0 spiro atoms. The van der Waals surface area contributed by atoms with Gasteiger partial charge >= 0.3 is 6.03 Å². The summed E-state index contributed by atoms with van der Waals surface area (Å²) in [7, 11) is 0. The van der Waals surface area contributed by atoms with Gasteiger partial charge in [-0.05, 0) is 43.4 Å². The van der Waals surface area contributed by atoms with Crippen LogP contribution in [-0.4, -0.2) is 36.2 Å². The molecule has 0 bridgehead atoms. The molecule has 114 valence electrons. The molecule has 1 aliphatic heterocycles. The number of carbonyl (C=O) groups excluding carboxylic acids is 1. The lowest BCUT2D eigenvalue weighted by Gasteiger charge is -2.26. The van der Waals surface area contributed by atoms with Crippen LogP contribution in [0.25, 0.3) is 0 Å². The summed E-state index contributed by atoms with van der Waals surface area (Å²) in [5, 5.41) is 3.00. The van der Waals surface area contributed by atoms with Crippen LogP contribution in [0.2, 0.25) is 0 Å². The zero-order chi connectivity index (χ0) is 14.7. The summed E-state index contributed by atoms with van der Waals surface area (Å²) in [4.78, 5) is 14.1. The third-order valence-corrected chi connectivity index (χ3v) is 3.90. The van der Waals surface area contributed by atoms with Crippen molar-refractivity contribution in [1.29, 1.82) is 0 Å². The van der Waals surface area contributed by atoms with Crippen LogP contribution in [0.1, 0.15) is 31.2 Å². The van der Waals surface area contributed by atoms with Crippen molar-refractivity contribution < 1.29 is 13.9 Å². The maximum Gasteiger partial charge on any atom is 0.318 e. The smallest absolute Gasteiger partial charge is 0.318 e. The second-order valence-electron chi connectivity index (χ2n) is 5.87. The van der Waals surface area contributed by atoms with Gasteiger partial charge in [0.1, 0.15) is 5.82 Å². The van der Waals surface area contributed by atoms with E-state index < -0.39 is 0 Å². The molecule has 0 unspecified atom stereocenters. The molecule has 1 aromatic rings. The van der Waals surface area contributed by atoms with Crippen LogP contribution in [-0.2, 0) is 11.3 Å². The van der Waals surface area contributed by atoms with Gasteiger partial charge in [-0.1, -0.05) is 12.1 Å². The molecule has 1 aromatic carbocycles. The maximum atomic E-state index is 13.3. The fourth-order valence-electron chi connectivity index (χ4n) is 2.60. The SMILES string of the molecule is O=C(NC1CC1)N(Cc1cccc(F)c1)C[C@@H]1CCCO1. The molecule has 21 heavy (non-hydrogen) atoms. The molecule has 1 aliphatic carbocycles. The first kappa shape index (κ1) is 14.3. The van der Waals surface area contributed by atoms with Gasteiger partial charge in [0.05, 0.1) is 6.10 Å². The van der Waals surface area contributed by atoms with Gasteiger partial charge in [-0.15, -0.1) is 0 Å². The molecule has 1 N–H and O–H groups in total. The predicted molar refractivity (Wildman–Crippen MR) is 77.3 cm³/mol. The lowest BCUT2D eigenvalue weighted by molar-refractivity contribution is 0.0794. The first-order valence-electron chi connectivity index (χ1n) is 7.62. The topological polar surface area (TPSA) is 41.6 Å². The lowest BCUT2D eigenvalue weighted by Crippen LogP contribution is -2.44. The summed E-state index contributed by atoms with van der Waals surface area (Å²) < 4.78 is 18.9. The third-order valence-electron chi connectivity index (χ3n) is 3.90. The van der Waals surface area contributed by atoms with Crippen molar-refractivity contribution in [3.8, 4) is 0 Å². The number of benzene rings is 1. The van der Waals surface area contributed by atoms with Crippen molar-refractivity contribution >= 4 is 6.03 Å². The lowest BCUT2D eigenvalue weighted by atomic mass is 10.2. The Morgan fingerprint density at radius 1 is 1.38 bits per heavy atom. The Balaban J connectivity index is 1.65. The summed E-state index contributed by atoms with van der Waals surface area (Å²) in [6.45, 7) is 1.74. The van der Waals surface area contributed by atoms with Gasteiger partial charge in [-0.3, -0.25) is 0 Å². The summed E-state index contributed by atoms with van der Waals surface area (Å²) in [5.74, 6) is -0.271. The molecule has 2 fully saturated rings. The van der Waals surface area contributed by atoms with Crippen molar-refractivity contribution in [3.05, 3.63) is 35.6 Å². The molecule has 2 amide bonds. The van der Waals surface area contributed by atoms with E-state index in [2.05, 4.69) is 5.32 Å². The highest BCUT2D eigenvalue weighted by molar-refractivity contribution is 5.75. The summed E-state index contributed by atoms with van der Waals surface area (Å²) in [6, 6.07) is 6.66. The summed E-state index contributed by atoms with van der Waals surface area (Å²) in [6.07, 6.45) is 4.24.